The van der Waals surface area contributed by atoms with E-state index >= 15 is 0 Å². The van der Waals surface area contributed by atoms with Crippen molar-refractivity contribution in [2.75, 3.05) is 31.2 Å². The lowest BCUT2D eigenvalue weighted by Crippen LogP contribution is -2.41. The van der Waals surface area contributed by atoms with Crippen LogP contribution in [0.3, 0.4) is 0 Å². The molecule has 0 atom stereocenters. The standard InChI is InChI=1S/C23H33N5O5S/c1-16-18(21(30)26-22(25-16)28-11-13-33-14-12-28)9-10-20(29)24-15-17-7-5-6-8-19(17)34(31,32)27-23(2,3)4/h5-8,27H,9-15H2,1-4H3,(H,24,29)(H,25,26,30). The minimum atomic E-state index is -3.74. The van der Waals surface area contributed by atoms with Crippen LogP contribution in [-0.4, -0.2) is 56.1 Å². The Labute approximate surface area is 200 Å². The molecule has 0 radical (unpaired) electrons. The van der Waals surface area contributed by atoms with Gasteiger partial charge >= 0.3 is 0 Å². The molecule has 0 spiro atoms. The number of carbonyl (C=O) groups excluding carboxylic acids is 1. The van der Waals surface area contributed by atoms with Gasteiger partial charge in [0.2, 0.25) is 21.9 Å². The number of nitrogens with zero attached hydrogens (tertiary/aromatic N) is 2. The van der Waals surface area contributed by atoms with Crippen LogP contribution in [0.2, 0.25) is 0 Å². The molecule has 3 rings (SSSR count). The highest BCUT2D eigenvalue weighted by Crippen LogP contribution is 2.18. The maximum absolute atomic E-state index is 12.8. The number of aromatic nitrogens is 2. The van der Waals surface area contributed by atoms with Crippen molar-refractivity contribution in [1.29, 1.82) is 0 Å². The quantitative estimate of drug-likeness (QED) is 0.506. The molecule has 11 heteroatoms. The average molecular weight is 492 g/mol. The van der Waals surface area contributed by atoms with E-state index in [1.165, 1.54) is 6.07 Å². The van der Waals surface area contributed by atoms with Gasteiger partial charge in [-0.05, 0) is 45.7 Å². The van der Waals surface area contributed by atoms with Crippen molar-refractivity contribution >= 4 is 21.9 Å². The summed E-state index contributed by atoms with van der Waals surface area (Å²) in [6.45, 7) is 9.60. The third-order valence-corrected chi connectivity index (χ3v) is 7.16. The van der Waals surface area contributed by atoms with Crippen molar-refractivity contribution in [3.05, 3.63) is 51.4 Å². The maximum Gasteiger partial charge on any atom is 0.255 e. The molecular weight excluding hydrogens is 458 g/mol. The normalized spacial score (nSPS) is 14.8. The lowest BCUT2D eigenvalue weighted by atomic mass is 10.1. The molecule has 1 aliphatic rings. The number of hydrogen-bond donors (Lipinski definition) is 3. The third-order valence-electron chi connectivity index (χ3n) is 5.30. The largest absolute Gasteiger partial charge is 0.378 e. The molecule has 0 unspecified atom stereocenters. The fraction of sp³-hybridized carbons (Fsp3) is 0.522. The van der Waals surface area contributed by atoms with Gasteiger partial charge in [0, 0.05) is 42.9 Å². The molecule has 10 nitrogen and oxygen atoms in total. The number of ether oxygens (including phenoxy) is 1. The monoisotopic (exact) mass is 491 g/mol. The molecule has 1 aliphatic heterocycles. The van der Waals surface area contributed by atoms with Gasteiger partial charge in [0.15, 0.2) is 0 Å². The van der Waals surface area contributed by atoms with Gasteiger partial charge in [-0.3, -0.25) is 14.6 Å². The molecule has 34 heavy (non-hydrogen) atoms. The number of H-pyrrole nitrogens is 1. The molecular formula is C23H33N5O5S. The number of nitrogens with one attached hydrogen (secondary N) is 3. The van der Waals surface area contributed by atoms with Crippen LogP contribution in [0, 0.1) is 6.92 Å². The molecule has 2 aromatic rings. The summed E-state index contributed by atoms with van der Waals surface area (Å²) in [5.41, 5.74) is 0.641. The first-order valence-corrected chi connectivity index (χ1v) is 12.8. The van der Waals surface area contributed by atoms with E-state index in [-0.39, 0.29) is 35.7 Å². The number of hydrogen-bond acceptors (Lipinski definition) is 7. The summed E-state index contributed by atoms with van der Waals surface area (Å²) in [4.78, 5) is 34.5. The van der Waals surface area contributed by atoms with Crippen LogP contribution in [0.4, 0.5) is 5.95 Å². The second-order valence-corrected chi connectivity index (χ2v) is 10.9. The highest BCUT2D eigenvalue weighted by molar-refractivity contribution is 7.89. The van der Waals surface area contributed by atoms with Gasteiger partial charge in [-0.1, -0.05) is 18.2 Å². The van der Waals surface area contributed by atoms with E-state index in [1.807, 2.05) is 4.90 Å². The van der Waals surface area contributed by atoms with Gasteiger partial charge in [0.25, 0.3) is 5.56 Å². The molecule has 1 fully saturated rings. The summed E-state index contributed by atoms with van der Waals surface area (Å²) in [7, 11) is -3.74. The number of sulfonamides is 1. The van der Waals surface area contributed by atoms with Crippen LogP contribution in [0.1, 0.15) is 44.0 Å². The molecule has 0 bridgehead atoms. The van der Waals surface area contributed by atoms with Crippen LogP contribution in [-0.2, 0) is 32.5 Å². The van der Waals surface area contributed by atoms with Crippen LogP contribution >= 0.6 is 0 Å². The van der Waals surface area contributed by atoms with Crippen LogP contribution in [0.15, 0.2) is 34.0 Å². The number of aromatic amines is 1. The molecule has 1 aromatic heterocycles. The lowest BCUT2D eigenvalue weighted by Gasteiger charge is -2.27. The Hall–Kier alpha value is -2.76. The molecule has 1 amide bonds. The van der Waals surface area contributed by atoms with Crippen molar-refractivity contribution in [1.82, 2.24) is 20.0 Å². The predicted molar refractivity (Wildman–Crippen MR) is 129 cm³/mol. The third kappa shape index (κ3) is 6.87. The average Bonchev–Trinajstić information content (AvgIpc) is 2.76. The first-order chi connectivity index (χ1) is 16.0. The number of anilines is 1. The summed E-state index contributed by atoms with van der Waals surface area (Å²) in [6.07, 6.45) is 0.312. The number of morpholine rings is 1. The molecule has 0 saturated carbocycles. The first-order valence-electron chi connectivity index (χ1n) is 11.3. The number of benzene rings is 1. The molecule has 186 valence electrons. The summed E-state index contributed by atoms with van der Waals surface area (Å²) < 4.78 is 33.5. The second kappa shape index (κ2) is 10.7. The summed E-state index contributed by atoms with van der Waals surface area (Å²) >= 11 is 0. The Balaban J connectivity index is 1.62. The zero-order valence-electron chi connectivity index (χ0n) is 20.1. The maximum atomic E-state index is 12.8. The Morgan fingerprint density at radius 2 is 1.88 bits per heavy atom. The van der Waals surface area contributed by atoms with Gasteiger partial charge < -0.3 is 15.0 Å². The van der Waals surface area contributed by atoms with Gasteiger partial charge in [0.1, 0.15) is 0 Å². The molecule has 1 aromatic carbocycles. The van der Waals surface area contributed by atoms with Crippen molar-refractivity contribution < 1.29 is 17.9 Å². The SMILES string of the molecule is Cc1nc(N2CCOCC2)[nH]c(=O)c1CCC(=O)NCc1ccccc1S(=O)(=O)NC(C)(C)C. The van der Waals surface area contributed by atoms with Crippen molar-refractivity contribution in [2.24, 2.45) is 0 Å². The molecule has 0 aliphatic carbocycles. The fourth-order valence-corrected chi connectivity index (χ4v) is 5.37. The zero-order chi connectivity index (χ0) is 24.9. The Morgan fingerprint density at radius 3 is 2.53 bits per heavy atom. The van der Waals surface area contributed by atoms with E-state index in [9.17, 15) is 18.0 Å². The van der Waals surface area contributed by atoms with E-state index in [2.05, 4.69) is 20.0 Å². The number of aryl methyl sites for hydroxylation is 1. The van der Waals surface area contributed by atoms with Crippen molar-refractivity contribution in [2.45, 2.75) is 57.5 Å². The van der Waals surface area contributed by atoms with Crippen LogP contribution < -0.4 is 20.5 Å². The van der Waals surface area contributed by atoms with E-state index in [4.69, 9.17) is 4.74 Å². The predicted octanol–water partition coefficient (Wildman–Crippen LogP) is 1.24. The minimum absolute atomic E-state index is 0.0591. The lowest BCUT2D eigenvalue weighted by molar-refractivity contribution is -0.121. The van der Waals surface area contributed by atoms with E-state index < -0.39 is 15.6 Å². The molecule has 2 heterocycles. The van der Waals surface area contributed by atoms with Crippen molar-refractivity contribution in [3.63, 3.8) is 0 Å². The van der Waals surface area contributed by atoms with Gasteiger partial charge in [-0.15, -0.1) is 0 Å². The fourth-order valence-electron chi connectivity index (χ4n) is 3.71. The summed E-state index contributed by atoms with van der Waals surface area (Å²) in [5.74, 6) is 0.229. The van der Waals surface area contributed by atoms with Gasteiger partial charge in [0.05, 0.1) is 18.1 Å². The Kier molecular flexibility index (Phi) is 8.11. The Morgan fingerprint density at radius 1 is 1.21 bits per heavy atom. The second-order valence-electron chi connectivity index (χ2n) is 9.29. The first kappa shape index (κ1) is 25.9. The van der Waals surface area contributed by atoms with Gasteiger partial charge in [-0.25, -0.2) is 18.1 Å². The number of amides is 1. The zero-order valence-corrected chi connectivity index (χ0v) is 20.9. The minimum Gasteiger partial charge on any atom is -0.378 e. The topological polar surface area (TPSA) is 133 Å². The van der Waals surface area contributed by atoms with E-state index in [0.717, 1.165) is 0 Å². The Bertz CT molecular complexity index is 1180. The number of rotatable bonds is 8. The molecule has 1 saturated heterocycles. The summed E-state index contributed by atoms with van der Waals surface area (Å²) in [5, 5.41) is 2.76. The highest BCUT2D eigenvalue weighted by atomic mass is 32.2. The highest BCUT2D eigenvalue weighted by Gasteiger charge is 2.24. The smallest absolute Gasteiger partial charge is 0.255 e. The van der Waals surface area contributed by atoms with Crippen LogP contribution in [0.5, 0.6) is 0 Å². The van der Waals surface area contributed by atoms with E-state index in [1.54, 1.807) is 45.9 Å². The number of carbonyl (C=O) groups is 1. The van der Waals surface area contributed by atoms with Crippen LogP contribution in [0.25, 0.3) is 0 Å². The van der Waals surface area contributed by atoms with E-state index in [0.29, 0.717) is 49.1 Å². The molecule has 3 N–H and O–H groups in total. The van der Waals surface area contributed by atoms with Gasteiger partial charge in [-0.2, -0.15) is 0 Å². The summed E-state index contributed by atoms with van der Waals surface area (Å²) in [6, 6.07) is 6.55. The van der Waals surface area contributed by atoms with Crippen molar-refractivity contribution in [3.8, 4) is 0 Å².